The van der Waals surface area contributed by atoms with Gasteiger partial charge in [0.05, 0.1) is 4.21 Å². The molecule has 4 heteroatoms. The van der Waals surface area contributed by atoms with E-state index >= 15 is 0 Å². The Bertz CT molecular complexity index is 450. The summed E-state index contributed by atoms with van der Waals surface area (Å²) in [7, 11) is 0. The minimum Gasteiger partial charge on any atom is -0.508 e. The standard InChI is InChI=1S/C9H7ClOS2/c10-4-6-2-7(11)1-5-3-8(12)13-9(5)6/h1-3,11-12H,4H2. The Kier molecular flexibility index (Phi) is 2.41. The Morgan fingerprint density at radius 2 is 2.15 bits per heavy atom. The van der Waals surface area contributed by atoms with Gasteiger partial charge < -0.3 is 5.11 Å². The zero-order valence-electron chi connectivity index (χ0n) is 6.62. The van der Waals surface area contributed by atoms with Gasteiger partial charge in [-0.3, -0.25) is 0 Å². The summed E-state index contributed by atoms with van der Waals surface area (Å²) < 4.78 is 2.05. The second kappa shape index (κ2) is 3.40. The van der Waals surface area contributed by atoms with Gasteiger partial charge in [0, 0.05) is 10.6 Å². The third kappa shape index (κ3) is 1.64. The maximum Gasteiger partial charge on any atom is 0.116 e. The van der Waals surface area contributed by atoms with Gasteiger partial charge in [0.2, 0.25) is 0 Å². The first kappa shape index (κ1) is 9.19. The van der Waals surface area contributed by atoms with E-state index in [1.165, 1.54) is 0 Å². The summed E-state index contributed by atoms with van der Waals surface area (Å²) >= 11 is 11.6. The van der Waals surface area contributed by atoms with Crippen LogP contribution in [0.4, 0.5) is 0 Å². The molecule has 1 heterocycles. The van der Waals surface area contributed by atoms with Crippen LogP contribution in [0.25, 0.3) is 10.1 Å². The minimum absolute atomic E-state index is 0.259. The molecule has 2 aromatic rings. The monoisotopic (exact) mass is 230 g/mol. The Hall–Kier alpha value is -0.380. The predicted octanol–water partition coefficient (Wildman–Crippen LogP) is 3.63. The van der Waals surface area contributed by atoms with E-state index in [0.717, 1.165) is 19.9 Å². The second-order valence-electron chi connectivity index (χ2n) is 2.74. The average Bonchev–Trinajstić information content (AvgIpc) is 2.43. The Balaban J connectivity index is 2.80. The molecular weight excluding hydrogens is 224 g/mol. The van der Waals surface area contributed by atoms with Gasteiger partial charge in [0.15, 0.2) is 0 Å². The summed E-state index contributed by atoms with van der Waals surface area (Å²) in [6, 6.07) is 5.35. The van der Waals surface area contributed by atoms with Crippen LogP contribution in [0.2, 0.25) is 0 Å². The highest BCUT2D eigenvalue weighted by atomic mass is 35.5. The highest BCUT2D eigenvalue weighted by Gasteiger charge is 2.05. The van der Waals surface area contributed by atoms with Crippen LogP contribution in [0, 0.1) is 0 Å². The van der Waals surface area contributed by atoms with Crippen molar-refractivity contribution in [1.82, 2.24) is 0 Å². The lowest BCUT2D eigenvalue weighted by atomic mass is 10.2. The maximum atomic E-state index is 9.37. The topological polar surface area (TPSA) is 20.2 Å². The van der Waals surface area contributed by atoms with Crippen molar-refractivity contribution < 1.29 is 5.11 Å². The molecule has 0 atom stereocenters. The van der Waals surface area contributed by atoms with E-state index in [1.807, 2.05) is 6.07 Å². The summed E-state index contributed by atoms with van der Waals surface area (Å²) in [6.45, 7) is 0. The molecule has 2 rings (SSSR count). The van der Waals surface area contributed by atoms with Crippen molar-refractivity contribution in [2.75, 3.05) is 0 Å². The fourth-order valence-electron chi connectivity index (χ4n) is 1.29. The van der Waals surface area contributed by atoms with Gasteiger partial charge in [-0.15, -0.1) is 35.6 Å². The summed E-state index contributed by atoms with van der Waals surface area (Å²) in [4.78, 5) is 0. The molecule has 0 unspecified atom stereocenters. The molecule has 0 spiro atoms. The molecule has 0 aliphatic rings. The molecule has 0 amide bonds. The van der Waals surface area contributed by atoms with Gasteiger partial charge >= 0.3 is 0 Å². The Morgan fingerprint density at radius 3 is 2.85 bits per heavy atom. The van der Waals surface area contributed by atoms with E-state index in [-0.39, 0.29) is 5.75 Å². The third-order valence-corrected chi connectivity index (χ3v) is 3.53. The van der Waals surface area contributed by atoms with E-state index in [1.54, 1.807) is 23.5 Å². The zero-order chi connectivity index (χ0) is 9.42. The molecule has 0 fully saturated rings. The summed E-state index contributed by atoms with van der Waals surface area (Å²) in [5.41, 5.74) is 0.960. The van der Waals surface area contributed by atoms with Crippen LogP contribution in [-0.2, 0) is 5.88 Å². The van der Waals surface area contributed by atoms with Crippen LogP contribution in [0.5, 0.6) is 5.75 Å². The lowest BCUT2D eigenvalue weighted by molar-refractivity contribution is 0.476. The normalized spacial score (nSPS) is 10.9. The fourth-order valence-corrected chi connectivity index (χ4v) is 2.89. The van der Waals surface area contributed by atoms with Gasteiger partial charge in [-0.1, -0.05) is 0 Å². The summed E-state index contributed by atoms with van der Waals surface area (Å²) in [6.07, 6.45) is 0. The second-order valence-corrected chi connectivity index (χ2v) is 4.85. The van der Waals surface area contributed by atoms with Crippen molar-refractivity contribution in [3.8, 4) is 5.75 Å². The van der Waals surface area contributed by atoms with Crippen LogP contribution >= 0.6 is 35.6 Å². The molecule has 1 aromatic heterocycles. The van der Waals surface area contributed by atoms with Crippen molar-refractivity contribution in [3.63, 3.8) is 0 Å². The van der Waals surface area contributed by atoms with Crippen molar-refractivity contribution in [1.29, 1.82) is 0 Å². The number of phenolic OH excluding ortho intramolecular Hbond substituents is 1. The van der Waals surface area contributed by atoms with Crippen molar-refractivity contribution in [2.24, 2.45) is 0 Å². The number of thiol groups is 1. The molecule has 0 aliphatic heterocycles. The van der Waals surface area contributed by atoms with Crippen molar-refractivity contribution in [2.45, 2.75) is 10.1 Å². The van der Waals surface area contributed by atoms with Gasteiger partial charge in [-0.25, -0.2) is 0 Å². The van der Waals surface area contributed by atoms with Crippen LogP contribution in [0.3, 0.4) is 0 Å². The number of halogens is 1. The molecule has 1 nitrogen and oxygen atoms in total. The van der Waals surface area contributed by atoms with Crippen LogP contribution in [0.1, 0.15) is 5.56 Å². The van der Waals surface area contributed by atoms with Gasteiger partial charge in [-0.05, 0) is 29.1 Å². The first-order valence-corrected chi connectivity index (χ1v) is 5.51. The quantitative estimate of drug-likeness (QED) is 0.566. The predicted molar refractivity (Wildman–Crippen MR) is 60.3 cm³/mol. The summed E-state index contributed by atoms with van der Waals surface area (Å²) in [5, 5.41) is 10.4. The molecule has 0 saturated carbocycles. The lowest BCUT2D eigenvalue weighted by Crippen LogP contribution is -1.77. The highest BCUT2D eigenvalue weighted by molar-refractivity contribution is 7.83. The molecular formula is C9H7ClOS2. The first-order chi connectivity index (χ1) is 6.20. The van der Waals surface area contributed by atoms with E-state index in [0.29, 0.717) is 5.88 Å². The number of alkyl halides is 1. The van der Waals surface area contributed by atoms with E-state index in [4.69, 9.17) is 11.6 Å². The van der Waals surface area contributed by atoms with Crippen LogP contribution in [-0.4, -0.2) is 5.11 Å². The van der Waals surface area contributed by atoms with Crippen LogP contribution < -0.4 is 0 Å². The number of aromatic hydroxyl groups is 1. The average molecular weight is 231 g/mol. The van der Waals surface area contributed by atoms with Gasteiger partial charge in [0.25, 0.3) is 0 Å². The fraction of sp³-hybridized carbons (Fsp3) is 0.111. The van der Waals surface area contributed by atoms with E-state index in [2.05, 4.69) is 12.6 Å². The van der Waals surface area contributed by atoms with Crippen molar-refractivity contribution >= 4 is 45.7 Å². The molecule has 68 valence electrons. The number of benzene rings is 1. The van der Waals surface area contributed by atoms with E-state index in [9.17, 15) is 5.11 Å². The third-order valence-electron chi connectivity index (χ3n) is 1.81. The minimum atomic E-state index is 0.259. The molecule has 0 saturated heterocycles. The Morgan fingerprint density at radius 1 is 1.38 bits per heavy atom. The summed E-state index contributed by atoms with van der Waals surface area (Å²) in [5.74, 6) is 0.674. The first-order valence-electron chi connectivity index (χ1n) is 3.71. The molecule has 0 radical (unpaired) electrons. The smallest absolute Gasteiger partial charge is 0.116 e. The number of hydrogen-bond acceptors (Lipinski definition) is 3. The van der Waals surface area contributed by atoms with Crippen molar-refractivity contribution in [3.05, 3.63) is 23.8 Å². The van der Waals surface area contributed by atoms with Gasteiger partial charge in [0.1, 0.15) is 5.75 Å². The number of rotatable bonds is 1. The lowest BCUT2D eigenvalue weighted by Gasteiger charge is -1.98. The molecule has 1 aromatic carbocycles. The molecule has 0 bridgehead atoms. The zero-order valence-corrected chi connectivity index (χ0v) is 9.09. The van der Waals surface area contributed by atoms with E-state index < -0.39 is 0 Å². The largest absolute Gasteiger partial charge is 0.508 e. The molecule has 13 heavy (non-hydrogen) atoms. The molecule has 0 aliphatic carbocycles. The number of thiophene rings is 1. The number of hydrogen-bond donors (Lipinski definition) is 2. The number of phenols is 1. The Labute approximate surface area is 90.4 Å². The van der Waals surface area contributed by atoms with Gasteiger partial charge in [-0.2, -0.15) is 0 Å². The molecule has 1 N–H and O–H groups in total. The SMILES string of the molecule is Oc1cc(CCl)c2sc(S)cc2c1. The highest BCUT2D eigenvalue weighted by Crippen LogP contribution is 2.34. The number of fused-ring (bicyclic) bond motifs is 1. The maximum absolute atomic E-state index is 9.37. The van der Waals surface area contributed by atoms with Crippen LogP contribution in [0.15, 0.2) is 22.4 Å².